The van der Waals surface area contributed by atoms with Crippen LogP contribution < -0.4 is 0 Å². The number of carbonyl (C=O) groups excluding carboxylic acids is 1. The van der Waals surface area contributed by atoms with Crippen molar-refractivity contribution in [1.29, 1.82) is 0 Å². The van der Waals surface area contributed by atoms with E-state index >= 15 is 0 Å². The van der Waals surface area contributed by atoms with Crippen molar-refractivity contribution in [3.63, 3.8) is 0 Å². The van der Waals surface area contributed by atoms with Crippen molar-refractivity contribution in [2.45, 2.75) is 6.61 Å². The fourth-order valence-corrected chi connectivity index (χ4v) is 2.55. The quantitative estimate of drug-likeness (QED) is 0.783. The average Bonchev–Trinajstić information content (AvgIpc) is 2.82. The van der Waals surface area contributed by atoms with Crippen LogP contribution in [0.3, 0.4) is 0 Å². The summed E-state index contributed by atoms with van der Waals surface area (Å²) >= 11 is 4.98. The average molecular weight is 311 g/mol. The van der Waals surface area contributed by atoms with Crippen LogP contribution in [0.25, 0.3) is 0 Å². The van der Waals surface area contributed by atoms with Gasteiger partial charge in [-0.15, -0.1) is 11.3 Å². The minimum Gasteiger partial charge on any atom is -0.368 e. The Bertz CT molecular complexity index is 494. The molecule has 0 unspecified atom stereocenters. The Hall–Kier alpha value is -0.970. The van der Waals surface area contributed by atoms with Gasteiger partial charge in [0.05, 0.1) is 6.61 Å². The normalized spacial score (nSPS) is 10.4. The third-order valence-corrected chi connectivity index (χ3v) is 3.77. The molecule has 0 spiro atoms. The van der Waals surface area contributed by atoms with Gasteiger partial charge in [0.25, 0.3) is 0 Å². The second-order valence-electron chi connectivity index (χ2n) is 3.48. The summed E-state index contributed by atoms with van der Waals surface area (Å²) in [5.74, 6) is -0.00553. The number of rotatable bonds is 5. The van der Waals surface area contributed by atoms with Crippen LogP contribution in [0, 0.1) is 0 Å². The van der Waals surface area contributed by atoms with Crippen LogP contribution in [-0.4, -0.2) is 12.4 Å². The summed E-state index contributed by atoms with van der Waals surface area (Å²) in [6.45, 7) is 0.606. The van der Waals surface area contributed by atoms with Crippen LogP contribution in [-0.2, 0) is 11.3 Å². The molecule has 4 heteroatoms. The van der Waals surface area contributed by atoms with E-state index in [1.807, 2.05) is 35.7 Å². The van der Waals surface area contributed by atoms with E-state index in [0.29, 0.717) is 12.2 Å². The number of hydrogen-bond acceptors (Lipinski definition) is 3. The molecule has 0 atom stereocenters. The van der Waals surface area contributed by atoms with Gasteiger partial charge in [-0.25, -0.2) is 0 Å². The molecule has 2 rings (SSSR count). The molecular weight excluding hydrogens is 300 g/mol. The molecule has 17 heavy (non-hydrogen) atoms. The van der Waals surface area contributed by atoms with Crippen molar-refractivity contribution < 1.29 is 9.53 Å². The highest BCUT2D eigenvalue weighted by Gasteiger charge is 2.09. The molecule has 88 valence electrons. The zero-order valence-electron chi connectivity index (χ0n) is 9.06. The van der Waals surface area contributed by atoms with E-state index in [1.165, 1.54) is 0 Å². The van der Waals surface area contributed by atoms with E-state index < -0.39 is 0 Å². The van der Waals surface area contributed by atoms with Crippen LogP contribution >= 0.6 is 27.3 Å². The Morgan fingerprint density at radius 2 is 2.06 bits per heavy atom. The van der Waals surface area contributed by atoms with Crippen LogP contribution in [0.15, 0.2) is 46.3 Å². The monoisotopic (exact) mass is 310 g/mol. The molecule has 0 fully saturated rings. The maximum atomic E-state index is 11.8. The molecule has 0 N–H and O–H groups in total. The molecule has 0 bridgehead atoms. The molecule has 0 saturated heterocycles. The Balaban J connectivity index is 1.88. The van der Waals surface area contributed by atoms with Crippen molar-refractivity contribution >= 4 is 33.0 Å². The zero-order chi connectivity index (χ0) is 12.1. The standard InChI is InChI=1S/C13H11BrO2S/c14-12-6-2-1-5-11(12)13(15)9-16-8-10-4-3-7-17-10/h1-7H,8-9H2. The van der Waals surface area contributed by atoms with E-state index in [0.717, 1.165) is 9.35 Å². The van der Waals surface area contributed by atoms with Crippen molar-refractivity contribution in [1.82, 2.24) is 0 Å². The second kappa shape index (κ2) is 6.10. The second-order valence-corrected chi connectivity index (χ2v) is 5.36. The van der Waals surface area contributed by atoms with E-state index in [4.69, 9.17) is 4.74 Å². The molecule has 0 aliphatic heterocycles. The highest BCUT2D eigenvalue weighted by atomic mass is 79.9. The molecule has 1 aromatic heterocycles. The molecule has 1 aromatic carbocycles. The maximum absolute atomic E-state index is 11.8. The van der Waals surface area contributed by atoms with E-state index in [-0.39, 0.29) is 12.4 Å². The van der Waals surface area contributed by atoms with Gasteiger partial charge in [-0.05, 0) is 17.5 Å². The summed E-state index contributed by atoms with van der Waals surface area (Å²) < 4.78 is 6.20. The first-order valence-electron chi connectivity index (χ1n) is 5.15. The van der Waals surface area contributed by atoms with E-state index in [2.05, 4.69) is 15.9 Å². The summed E-state index contributed by atoms with van der Waals surface area (Å²) in [7, 11) is 0. The van der Waals surface area contributed by atoms with Crippen LogP contribution in [0.5, 0.6) is 0 Å². The molecule has 0 radical (unpaired) electrons. The molecule has 0 amide bonds. The molecule has 0 aliphatic carbocycles. The molecular formula is C13H11BrO2S. The van der Waals surface area contributed by atoms with Gasteiger partial charge in [0, 0.05) is 14.9 Å². The summed E-state index contributed by atoms with van der Waals surface area (Å²) in [5, 5.41) is 1.99. The number of carbonyl (C=O) groups is 1. The number of ketones is 1. The third kappa shape index (κ3) is 3.49. The van der Waals surface area contributed by atoms with Gasteiger partial charge in [0.2, 0.25) is 0 Å². The summed E-state index contributed by atoms with van der Waals surface area (Å²) in [5.41, 5.74) is 0.665. The van der Waals surface area contributed by atoms with Gasteiger partial charge in [-0.1, -0.05) is 40.2 Å². The molecule has 2 aromatic rings. The Morgan fingerprint density at radius 3 is 2.76 bits per heavy atom. The molecule has 1 heterocycles. The molecule has 0 saturated carbocycles. The van der Waals surface area contributed by atoms with Gasteiger partial charge in [-0.2, -0.15) is 0 Å². The third-order valence-electron chi connectivity index (χ3n) is 2.23. The molecule has 0 aliphatic rings. The van der Waals surface area contributed by atoms with Gasteiger partial charge >= 0.3 is 0 Å². The minimum atomic E-state index is -0.00553. The topological polar surface area (TPSA) is 26.3 Å². The van der Waals surface area contributed by atoms with Crippen molar-refractivity contribution in [2.24, 2.45) is 0 Å². The smallest absolute Gasteiger partial charge is 0.189 e. The highest BCUT2D eigenvalue weighted by Crippen LogP contribution is 2.17. The van der Waals surface area contributed by atoms with E-state index in [1.54, 1.807) is 17.4 Å². The van der Waals surface area contributed by atoms with Crippen molar-refractivity contribution in [3.8, 4) is 0 Å². The lowest BCUT2D eigenvalue weighted by atomic mass is 10.1. The number of benzene rings is 1. The van der Waals surface area contributed by atoms with Gasteiger partial charge < -0.3 is 4.74 Å². The highest BCUT2D eigenvalue weighted by molar-refractivity contribution is 9.10. The summed E-state index contributed by atoms with van der Waals surface area (Å²) in [6, 6.07) is 11.3. The largest absolute Gasteiger partial charge is 0.368 e. The lowest BCUT2D eigenvalue weighted by Gasteiger charge is -2.04. The lowest BCUT2D eigenvalue weighted by Crippen LogP contribution is -2.09. The SMILES string of the molecule is O=C(COCc1cccs1)c1ccccc1Br. The predicted molar refractivity (Wildman–Crippen MR) is 72.4 cm³/mol. The van der Waals surface area contributed by atoms with Gasteiger partial charge in [-0.3, -0.25) is 4.79 Å². The first-order valence-corrected chi connectivity index (χ1v) is 6.82. The zero-order valence-corrected chi connectivity index (χ0v) is 11.5. The van der Waals surface area contributed by atoms with Crippen LogP contribution in [0.2, 0.25) is 0 Å². The number of halogens is 1. The minimum absolute atomic E-state index is 0.00553. The fourth-order valence-electron chi connectivity index (χ4n) is 1.40. The summed E-state index contributed by atoms with van der Waals surface area (Å²) in [4.78, 5) is 13.0. The Labute approximate surface area is 112 Å². The lowest BCUT2D eigenvalue weighted by molar-refractivity contribution is 0.0730. The van der Waals surface area contributed by atoms with Crippen molar-refractivity contribution in [3.05, 3.63) is 56.7 Å². The first kappa shape index (κ1) is 12.5. The Kier molecular flexibility index (Phi) is 4.48. The fraction of sp³-hybridized carbons (Fsp3) is 0.154. The van der Waals surface area contributed by atoms with Crippen molar-refractivity contribution in [2.75, 3.05) is 6.61 Å². The van der Waals surface area contributed by atoms with Gasteiger partial charge in [0.15, 0.2) is 5.78 Å². The van der Waals surface area contributed by atoms with Crippen LogP contribution in [0.1, 0.15) is 15.2 Å². The van der Waals surface area contributed by atoms with Gasteiger partial charge in [0.1, 0.15) is 6.61 Å². The number of thiophene rings is 1. The predicted octanol–water partition coefficient (Wildman–Crippen LogP) is 3.91. The molecule has 2 nitrogen and oxygen atoms in total. The summed E-state index contributed by atoms with van der Waals surface area (Å²) in [6.07, 6.45) is 0. The number of Topliss-reactive ketones (excluding diaryl/α,β-unsaturated/α-hetero) is 1. The maximum Gasteiger partial charge on any atom is 0.189 e. The van der Waals surface area contributed by atoms with E-state index in [9.17, 15) is 4.79 Å². The Morgan fingerprint density at radius 1 is 1.24 bits per heavy atom. The van der Waals surface area contributed by atoms with Crippen LogP contribution in [0.4, 0.5) is 0 Å². The number of ether oxygens (including phenoxy) is 1. The first-order chi connectivity index (χ1) is 8.27. The number of hydrogen-bond donors (Lipinski definition) is 0.